The average Bonchev–Trinajstić information content (AvgIpc) is 3.00. The van der Waals surface area contributed by atoms with Crippen LogP contribution in [0.2, 0.25) is 0 Å². The second-order valence-electron chi connectivity index (χ2n) is 5.93. The molecule has 0 N–H and O–H groups in total. The minimum Gasteiger partial charge on any atom is -0.497 e. The van der Waals surface area contributed by atoms with Crippen molar-refractivity contribution in [1.29, 1.82) is 0 Å². The van der Waals surface area contributed by atoms with E-state index in [1.807, 2.05) is 30.5 Å². The van der Waals surface area contributed by atoms with Crippen LogP contribution in [0.5, 0.6) is 5.75 Å². The number of hydrogen-bond acceptors (Lipinski definition) is 3. The van der Waals surface area contributed by atoms with Gasteiger partial charge in [0.25, 0.3) is 0 Å². The maximum absolute atomic E-state index is 12.8. The lowest BCUT2D eigenvalue weighted by molar-refractivity contribution is 0.103. The van der Waals surface area contributed by atoms with Gasteiger partial charge in [0.2, 0.25) is 0 Å². The van der Waals surface area contributed by atoms with Crippen LogP contribution >= 0.6 is 0 Å². The number of ketones is 1. The zero-order valence-corrected chi connectivity index (χ0v) is 14.2. The molecule has 2 aromatic carbocycles. The number of rotatable bonds is 4. The maximum Gasteiger partial charge on any atom is 0.193 e. The predicted octanol–water partition coefficient (Wildman–Crippen LogP) is 4.45. The third-order valence-electron chi connectivity index (χ3n) is 4.60. The van der Waals surface area contributed by atoms with Crippen molar-refractivity contribution in [2.75, 3.05) is 7.11 Å². The van der Waals surface area contributed by atoms with Crippen molar-refractivity contribution in [2.24, 2.45) is 0 Å². The van der Waals surface area contributed by atoms with Crippen LogP contribution in [0.1, 0.15) is 22.8 Å². The Hall–Kier alpha value is -3.14. The molecule has 0 atom stereocenters. The van der Waals surface area contributed by atoms with E-state index >= 15 is 0 Å². The Labute approximate surface area is 145 Å². The Kier molecular flexibility index (Phi) is 3.73. The van der Waals surface area contributed by atoms with Gasteiger partial charge in [0.05, 0.1) is 12.6 Å². The Morgan fingerprint density at radius 1 is 1.00 bits per heavy atom. The van der Waals surface area contributed by atoms with Gasteiger partial charge in [-0.3, -0.25) is 9.78 Å². The molecule has 124 valence electrons. The summed E-state index contributed by atoms with van der Waals surface area (Å²) in [4.78, 5) is 17.1. The topological polar surface area (TPSA) is 44.1 Å². The molecule has 2 aromatic heterocycles. The van der Waals surface area contributed by atoms with Crippen molar-refractivity contribution >= 4 is 27.6 Å². The molecule has 2 heterocycles. The van der Waals surface area contributed by atoms with Gasteiger partial charge in [-0.05, 0) is 55.5 Å². The van der Waals surface area contributed by atoms with Gasteiger partial charge < -0.3 is 9.30 Å². The number of nitrogens with zero attached hydrogens (tertiary/aromatic N) is 2. The highest BCUT2D eigenvalue weighted by atomic mass is 16.5. The number of benzene rings is 2. The summed E-state index contributed by atoms with van der Waals surface area (Å²) in [5, 5.41) is 2.13. The van der Waals surface area contributed by atoms with Crippen LogP contribution in [-0.2, 0) is 6.54 Å². The Morgan fingerprint density at radius 2 is 1.72 bits per heavy atom. The van der Waals surface area contributed by atoms with Crippen LogP contribution < -0.4 is 4.74 Å². The first kappa shape index (κ1) is 15.4. The summed E-state index contributed by atoms with van der Waals surface area (Å²) in [6.45, 7) is 2.99. The van der Waals surface area contributed by atoms with Crippen molar-refractivity contribution in [3.8, 4) is 5.75 Å². The first-order valence-electron chi connectivity index (χ1n) is 8.27. The zero-order valence-electron chi connectivity index (χ0n) is 14.2. The fourth-order valence-corrected chi connectivity index (χ4v) is 3.34. The van der Waals surface area contributed by atoms with Crippen molar-refractivity contribution in [1.82, 2.24) is 9.55 Å². The van der Waals surface area contributed by atoms with Crippen molar-refractivity contribution in [3.63, 3.8) is 0 Å². The first-order chi connectivity index (χ1) is 12.2. The highest BCUT2D eigenvalue weighted by molar-refractivity contribution is 6.14. The molecule has 0 radical (unpaired) electrons. The predicted molar refractivity (Wildman–Crippen MR) is 99.3 cm³/mol. The number of fused-ring (bicyclic) bond motifs is 3. The van der Waals surface area contributed by atoms with Gasteiger partial charge in [0, 0.05) is 46.4 Å². The molecule has 0 unspecified atom stereocenters. The molecule has 0 fully saturated rings. The summed E-state index contributed by atoms with van der Waals surface area (Å²) in [5.74, 6) is 0.745. The molecule has 4 heteroatoms. The number of carbonyl (C=O) groups is 1. The third-order valence-corrected chi connectivity index (χ3v) is 4.60. The van der Waals surface area contributed by atoms with E-state index in [1.54, 1.807) is 37.6 Å². The fourth-order valence-electron chi connectivity index (χ4n) is 3.34. The summed E-state index contributed by atoms with van der Waals surface area (Å²) in [6.07, 6.45) is 3.67. The molecule has 0 saturated carbocycles. The minimum atomic E-state index is 0.00541. The molecule has 0 aliphatic rings. The lowest BCUT2D eigenvalue weighted by atomic mass is 10.0. The normalized spacial score (nSPS) is 11.1. The van der Waals surface area contributed by atoms with Crippen LogP contribution in [0.25, 0.3) is 21.8 Å². The lowest BCUT2D eigenvalue weighted by Gasteiger charge is -2.05. The van der Waals surface area contributed by atoms with Crippen molar-refractivity contribution in [2.45, 2.75) is 13.5 Å². The van der Waals surface area contributed by atoms with Crippen LogP contribution in [-0.4, -0.2) is 22.4 Å². The zero-order chi connectivity index (χ0) is 17.4. The number of aryl methyl sites for hydroxylation is 1. The average molecular weight is 330 g/mol. The number of pyridine rings is 1. The number of methoxy groups -OCH3 is 1. The van der Waals surface area contributed by atoms with Crippen LogP contribution in [0.15, 0.2) is 60.9 Å². The van der Waals surface area contributed by atoms with E-state index in [9.17, 15) is 4.79 Å². The highest BCUT2D eigenvalue weighted by Crippen LogP contribution is 2.29. The van der Waals surface area contributed by atoms with Gasteiger partial charge in [-0.1, -0.05) is 0 Å². The Balaban J connectivity index is 1.85. The highest BCUT2D eigenvalue weighted by Gasteiger charge is 2.14. The molecule has 0 amide bonds. The third kappa shape index (κ3) is 2.47. The second-order valence-corrected chi connectivity index (χ2v) is 5.93. The van der Waals surface area contributed by atoms with Crippen LogP contribution in [0, 0.1) is 0 Å². The summed E-state index contributed by atoms with van der Waals surface area (Å²) in [6, 6.07) is 15.1. The van der Waals surface area contributed by atoms with Gasteiger partial charge in [0.1, 0.15) is 5.75 Å². The van der Waals surface area contributed by atoms with Gasteiger partial charge in [-0.25, -0.2) is 0 Å². The molecule has 4 rings (SSSR count). The summed E-state index contributed by atoms with van der Waals surface area (Å²) < 4.78 is 7.40. The SMILES string of the molecule is CCn1c2ccncc2c2cc(C(=O)c3ccc(OC)cc3)ccc21. The largest absolute Gasteiger partial charge is 0.497 e. The number of aromatic nitrogens is 2. The number of carbonyl (C=O) groups excluding carboxylic acids is 1. The van der Waals surface area contributed by atoms with Gasteiger partial charge in [-0.15, -0.1) is 0 Å². The molecule has 4 nitrogen and oxygen atoms in total. The molecule has 0 aliphatic carbocycles. The molecule has 0 spiro atoms. The summed E-state index contributed by atoms with van der Waals surface area (Å²) >= 11 is 0. The maximum atomic E-state index is 12.8. The summed E-state index contributed by atoms with van der Waals surface area (Å²) in [5.41, 5.74) is 3.59. The van der Waals surface area contributed by atoms with E-state index in [4.69, 9.17) is 4.74 Å². The standard InChI is InChI=1S/C21H18N2O2/c1-3-23-19-9-6-15(12-17(19)18-13-22-11-10-20(18)23)21(24)14-4-7-16(25-2)8-5-14/h4-13H,3H2,1-2H3. The molecule has 0 saturated heterocycles. The second kappa shape index (κ2) is 6.06. The van der Waals surface area contributed by atoms with Gasteiger partial charge in [-0.2, -0.15) is 0 Å². The van der Waals surface area contributed by atoms with E-state index in [1.165, 1.54) is 0 Å². The van der Waals surface area contributed by atoms with Crippen LogP contribution in [0.3, 0.4) is 0 Å². The Bertz CT molecular complexity index is 1080. The molecule has 25 heavy (non-hydrogen) atoms. The summed E-state index contributed by atoms with van der Waals surface area (Å²) in [7, 11) is 1.61. The van der Waals surface area contributed by atoms with Crippen molar-refractivity contribution < 1.29 is 9.53 Å². The number of hydrogen-bond donors (Lipinski definition) is 0. The van der Waals surface area contributed by atoms with E-state index < -0.39 is 0 Å². The monoisotopic (exact) mass is 330 g/mol. The van der Waals surface area contributed by atoms with Gasteiger partial charge in [0.15, 0.2) is 5.78 Å². The van der Waals surface area contributed by atoms with Gasteiger partial charge >= 0.3 is 0 Å². The fraction of sp³-hybridized carbons (Fsp3) is 0.143. The molecule has 0 aliphatic heterocycles. The first-order valence-corrected chi connectivity index (χ1v) is 8.27. The minimum absolute atomic E-state index is 0.00541. The van der Waals surface area contributed by atoms with Crippen molar-refractivity contribution in [3.05, 3.63) is 72.1 Å². The molecule has 0 bridgehead atoms. The molecular formula is C21H18N2O2. The molecular weight excluding hydrogens is 312 g/mol. The smallest absolute Gasteiger partial charge is 0.193 e. The quantitative estimate of drug-likeness (QED) is 0.519. The van der Waals surface area contributed by atoms with E-state index in [0.29, 0.717) is 11.1 Å². The lowest BCUT2D eigenvalue weighted by Crippen LogP contribution is -2.01. The Morgan fingerprint density at radius 3 is 2.44 bits per heavy atom. The van der Waals surface area contributed by atoms with Crippen LogP contribution in [0.4, 0.5) is 0 Å². The van der Waals surface area contributed by atoms with E-state index in [-0.39, 0.29) is 5.78 Å². The molecule has 4 aromatic rings. The number of ether oxygens (including phenoxy) is 1. The van der Waals surface area contributed by atoms with E-state index in [2.05, 4.69) is 16.5 Å². The van der Waals surface area contributed by atoms with E-state index in [0.717, 1.165) is 34.1 Å².